The summed E-state index contributed by atoms with van der Waals surface area (Å²) >= 11 is 0. The fourth-order valence-electron chi connectivity index (χ4n) is 5.13. The zero-order valence-electron chi connectivity index (χ0n) is 14.9. The number of methoxy groups -OCH3 is 2. The van der Waals surface area contributed by atoms with Crippen LogP contribution >= 0.6 is 0 Å². The summed E-state index contributed by atoms with van der Waals surface area (Å²) in [5.41, 5.74) is 3.13. The lowest BCUT2D eigenvalue weighted by Crippen LogP contribution is -2.51. The molecule has 4 rings (SSSR count). The van der Waals surface area contributed by atoms with Crippen LogP contribution in [0.2, 0.25) is 0 Å². The first-order valence-corrected chi connectivity index (χ1v) is 8.56. The van der Waals surface area contributed by atoms with Crippen molar-refractivity contribution in [1.82, 2.24) is 4.90 Å². The highest BCUT2D eigenvalue weighted by Crippen LogP contribution is 2.62. The maximum atomic E-state index is 11.8. The molecule has 0 bridgehead atoms. The summed E-state index contributed by atoms with van der Waals surface area (Å²) < 4.78 is 16.8. The third-order valence-corrected chi connectivity index (χ3v) is 5.72. The molecule has 2 saturated heterocycles. The van der Waals surface area contributed by atoms with Gasteiger partial charge in [0.2, 0.25) is 0 Å². The Morgan fingerprint density at radius 2 is 1.96 bits per heavy atom. The Balaban J connectivity index is 0.000000753. The molecule has 0 aromatic heterocycles. The van der Waals surface area contributed by atoms with Gasteiger partial charge in [-0.25, -0.2) is 4.79 Å². The second-order valence-corrected chi connectivity index (χ2v) is 6.38. The zero-order valence-corrected chi connectivity index (χ0v) is 14.9. The van der Waals surface area contributed by atoms with Crippen LogP contribution in [0.5, 0.6) is 0 Å². The molecule has 5 nitrogen and oxygen atoms in total. The summed E-state index contributed by atoms with van der Waals surface area (Å²) in [5, 5.41) is 0. The van der Waals surface area contributed by atoms with Gasteiger partial charge in [-0.3, -0.25) is 4.90 Å². The Kier molecular flexibility index (Phi) is 4.15. The van der Waals surface area contributed by atoms with Crippen LogP contribution in [0.15, 0.2) is 22.8 Å². The first-order valence-electron chi connectivity index (χ1n) is 8.56. The minimum absolute atomic E-state index is 0.202. The average molecular weight is 321 g/mol. The van der Waals surface area contributed by atoms with Crippen molar-refractivity contribution in [3.8, 4) is 0 Å². The fraction of sp³-hybridized carbons (Fsp3) is 0.722. The number of carbonyl (C=O) groups excluding carboxylic acids is 1. The number of hydrogen-bond acceptors (Lipinski definition) is 5. The minimum atomic E-state index is -0.471. The van der Waals surface area contributed by atoms with Crippen molar-refractivity contribution >= 4 is 5.97 Å². The van der Waals surface area contributed by atoms with Crippen LogP contribution < -0.4 is 0 Å². The van der Waals surface area contributed by atoms with Gasteiger partial charge in [-0.2, -0.15) is 0 Å². The SMILES string of the molecule is CC.COC(OC)C1CCC2N1[C@@H](C)C1=C(C)C3=CC(=O)O[C@]312. The topological polar surface area (TPSA) is 48.0 Å². The zero-order chi connectivity index (χ0) is 16.9. The summed E-state index contributed by atoms with van der Waals surface area (Å²) in [5.74, 6) is -0.202. The lowest BCUT2D eigenvalue weighted by atomic mass is 9.66. The monoisotopic (exact) mass is 321 g/mol. The van der Waals surface area contributed by atoms with Gasteiger partial charge in [0.25, 0.3) is 0 Å². The Morgan fingerprint density at radius 3 is 2.57 bits per heavy atom. The molecule has 3 heterocycles. The number of ether oxygens (including phenoxy) is 3. The lowest BCUT2D eigenvalue weighted by molar-refractivity contribution is -0.151. The van der Waals surface area contributed by atoms with Crippen molar-refractivity contribution in [2.45, 2.75) is 70.6 Å². The fourth-order valence-corrected chi connectivity index (χ4v) is 5.13. The predicted octanol–water partition coefficient (Wildman–Crippen LogP) is 2.42. The van der Waals surface area contributed by atoms with Gasteiger partial charge in [0.1, 0.15) is 0 Å². The summed E-state index contributed by atoms with van der Waals surface area (Å²) in [6.45, 7) is 8.30. The van der Waals surface area contributed by atoms with Crippen molar-refractivity contribution in [2.24, 2.45) is 0 Å². The molecule has 2 fully saturated rings. The minimum Gasteiger partial charge on any atom is -0.445 e. The van der Waals surface area contributed by atoms with E-state index in [9.17, 15) is 4.79 Å². The maximum absolute atomic E-state index is 11.8. The number of rotatable bonds is 3. The Bertz CT molecular complexity index is 578. The smallest absolute Gasteiger partial charge is 0.332 e. The highest BCUT2D eigenvalue weighted by Gasteiger charge is 2.70. The summed E-state index contributed by atoms with van der Waals surface area (Å²) in [4.78, 5) is 14.3. The van der Waals surface area contributed by atoms with Gasteiger partial charge in [-0.15, -0.1) is 0 Å². The molecule has 0 N–H and O–H groups in total. The predicted molar refractivity (Wildman–Crippen MR) is 86.9 cm³/mol. The van der Waals surface area contributed by atoms with Gasteiger partial charge in [0, 0.05) is 31.9 Å². The van der Waals surface area contributed by atoms with Gasteiger partial charge in [0.05, 0.1) is 12.1 Å². The highest BCUT2D eigenvalue weighted by molar-refractivity contribution is 5.93. The van der Waals surface area contributed by atoms with Gasteiger partial charge in [0.15, 0.2) is 11.9 Å². The Hall–Kier alpha value is -1.17. The molecule has 3 aliphatic heterocycles. The number of carbonyl (C=O) groups is 1. The Labute approximate surface area is 138 Å². The molecule has 4 aliphatic rings. The van der Waals surface area contributed by atoms with Crippen LogP contribution in [-0.2, 0) is 19.0 Å². The first-order chi connectivity index (χ1) is 11.1. The normalized spacial score (nSPS) is 37.6. The molecule has 4 atom stereocenters. The molecular weight excluding hydrogens is 294 g/mol. The van der Waals surface area contributed by atoms with E-state index in [0.29, 0.717) is 0 Å². The number of nitrogens with zero attached hydrogens (tertiary/aromatic N) is 1. The van der Waals surface area contributed by atoms with Crippen molar-refractivity contribution in [1.29, 1.82) is 0 Å². The number of esters is 1. The van der Waals surface area contributed by atoms with Gasteiger partial charge >= 0.3 is 5.97 Å². The molecule has 1 aliphatic carbocycles. The van der Waals surface area contributed by atoms with Crippen molar-refractivity contribution in [3.63, 3.8) is 0 Å². The van der Waals surface area contributed by atoms with E-state index in [1.807, 2.05) is 13.8 Å². The molecule has 2 unspecified atom stereocenters. The molecule has 0 aromatic rings. The third kappa shape index (κ3) is 1.87. The van der Waals surface area contributed by atoms with E-state index < -0.39 is 5.60 Å². The largest absolute Gasteiger partial charge is 0.445 e. The van der Waals surface area contributed by atoms with Crippen LogP contribution in [0.3, 0.4) is 0 Å². The third-order valence-electron chi connectivity index (χ3n) is 5.72. The number of fused-ring (bicyclic) bond motifs is 1. The van der Waals surface area contributed by atoms with E-state index in [1.165, 1.54) is 11.1 Å². The summed E-state index contributed by atoms with van der Waals surface area (Å²) in [7, 11) is 3.36. The molecule has 0 aromatic carbocycles. The molecule has 0 radical (unpaired) electrons. The standard InChI is InChI=1S/C16H21NO4.C2H6/c1-8-10-7-13(18)21-16(10)12-6-5-11(15(19-3)20-4)17(12)9(2)14(8)16;1-2/h7,9,11-12,15H,5-6H2,1-4H3;1-2H3/t9-,11?,12?,16-;/m0./s1. The van der Waals surface area contributed by atoms with Gasteiger partial charge < -0.3 is 14.2 Å². The molecule has 0 amide bonds. The van der Waals surface area contributed by atoms with Crippen molar-refractivity contribution < 1.29 is 19.0 Å². The van der Waals surface area contributed by atoms with Crippen LogP contribution in [0, 0.1) is 0 Å². The van der Waals surface area contributed by atoms with Crippen molar-refractivity contribution in [3.05, 3.63) is 22.8 Å². The quantitative estimate of drug-likeness (QED) is 0.590. The highest BCUT2D eigenvalue weighted by atomic mass is 16.7. The lowest BCUT2D eigenvalue weighted by Gasteiger charge is -2.42. The second-order valence-electron chi connectivity index (χ2n) is 6.38. The number of hydrogen-bond donors (Lipinski definition) is 0. The summed E-state index contributed by atoms with van der Waals surface area (Å²) in [6.07, 6.45) is 3.43. The van der Waals surface area contributed by atoms with Crippen LogP contribution in [0.1, 0.15) is 40.5 Å². The van der Waals surface area contributed by atoms with Gasteiger partial charge in [-0.05, 0) is 37.8 Å². The van der Waals surface area contributed by atoms with Gasteiger partial charge in [-0.1, -0.05) is 13.8 Å². The van der Waals surface area contributed by atoms with Crippen molar-refractivity contribution in [2.75, 3.05) is 14.2 Å². The van der Waals surface area contributed by atoms with E-state index in [4.69, 9.17) is 14.2 Å². The second kappa shape index (κ2) is 5.72. The average Bonchev–Trinajstić information content (AvgIpc) is 3.16. The van der Waals surface area contributed by atoms with E-state index >= 15 is 0 Å². The first kappa shape index (κ1) is 16.7. The van der Waals surface area contributed by atoms with E-state index in [-0.39, 0.29) is 30.4 Å². The van der Waals surface area contributed by atoms with Crippen LogP contribution in [0.25, 0.3) is 0 Å². The molecule has 1 spiro atoms. The molecule has 128 valence electrons. The van der Waals surface area contributed by atoms with E-state index in [2.05, 4.69) is 18.7 Å². The maximum Gasteiger partial charge on any atom is 0.332 e. The van der Waals surface area contributed by atoms with Crippen LogP contribution in [-0.4, -0.2) is 55.1 Å². The molecule has 5 heteroatoms. The van der Waals surface area contributed by atoms with E-state index in [0.717, 1.165) is 18.4 Å². The molecule has 0 saturated carbocycles. The van der Waals surface area contributed by atoms with E-state index in [1.54, 1.807) is 20.3 Å². The molecular formula is C18H27NO4. The van der Waals surface area contributed by atoms with Crippen LogP contribution in [0.4, 0.5) is 0 Å². The molecule has 23 heavy (non-hydrogen) atoms. The Morgan fingerprint density at radius 1 is 1.30 bits per heavy atom. The summed E-state index contributed by atoms with van der Waals surface area (Å²) in [6, 6.07) is 0.695.